The average molecular weight is 172 g/mol. The zero-order chi connectivity index (χ0) is 8.97. The molecule has 3 heteroatoms. The number of rotatable bonds is 3. The van der Waals surface area contributed by atoms with Crippen molar-refractivity contribution in [1.82, 2.24) is 0 Å². The number of ether oxygens (including phenoxy) is 2. The van der Waals surface area contributed by atoms with Gasteiger partial charge < -0.3 is 14.6 Å². The van der Waals surface area contributed by atoms with Crippen molar-refractivity contribution < 1.29 is 14.6 Å². The van der Waals surface area contributed by atoms with Crippen LogP contribution in [0.25, 0.3) is 0 Å². The van der Waals surface area contributed by atoms with Crippen LogP contribution in [0.4, 0.5) is 0 Å². The summed E-state index contributed by atoms with van der Waals surface area (Å²) in [5.74, 6) is 0. The van der Waals surface area contributed by atoms with Crippen LogP contribution in [-0.2, 0) is 9.47 Å². The molecule has 1 N–H and O–H groups in total. The van der Waals surface area contributed by atoms with Crippen molar-refractivity contribution in [3.05, 3.63) is 11.8 Å². The third-order valence-corrected chi connectivity index (χ3v) is 2.16. The molecule has 70 valence electrons. The molecule has 1 heterocycles. The van der Waals surface area contributed by atoms with Crippen molar-refractivity contribution in [2.45, 2.75) is 32.0 Å². The molecule has 0 aromatic heterocycles. The van der Waals surface area contributed by atoms with Crippen molar-refractivity contribution in [3.63, 3.8) is 0 Å². The molecule has 0 radical (unpaired) electrons. The lowest BCUT2D eigenvalue weighted by molar-refractivity contribution is 0.0130. The predicted octanol–water partition coefficient (Wildman–Crippen LogP) is 1.08. The molecule has 0 fully saturated rings. The molecule has 1 rings (SSSR count). The van der Waals surface area contributed by atoms with Crippen molar-refractivity contribution >= 4 is 0 Å². The molecule has 1 aliphatic rings. The lowest BCUT2D eigenvalue weighted by Gasteiger charge is -2.22. The number of aliphatic hydroxyl groups excluding tert-OH is 1. The molecule has 0 saturated carbocycles. The summed E-state index contributed by atoms with van der Waals surface area (Å²) in [6.45, 7) is 2.61. The van der Waals surface area contributed by atoms with Gasteiger partial charge in [-0.15, -0.1) is 0 Å². The van der Waals surface area contributed by atoms with E-state index in [0.717, 1.165) is 25.0 Å². The third kappa shape index (κ3) is 2.22. The van der Waals surface area contributed by atoms with Gasteiger partial charge in [-0.2, -0.15) is 0 Å². The van der Waals surface area contributed by atoms with Crippen LogP contribution in [0, 0.1) is 0 Å². The van der Waals surface area contributed by atoms with Gasteiger partial charge in [-0.1, -0.05) is 0 Å². The summed E-state index contributed by atoms with van der Waals surface area (Å²) in [5.41, 5.74) is 0.940. The molecule has 0 saturated heterocycles. The summed E-state index contributed by atoms with van der Waals surface area (Å²) in [6, 6.07) is 0. The summed E-state index contributed by atoms with van der Waals surface area (Å²) < 4.78 is 10.1. The van der Waals surface area contributed by atoms with Gasteiger partial charge in [0.2, 0.25) is 0 Å². The predicted molar refractivity (Wildman–Crippen MR) is 45.7 cm³/mol. The second-order valence-corrected chi connectivity index (χ2v) is 3.05. The molecule has 2 unspecified atom stereocenters. The summed E-state index contributed by atoms with van der Waals surface area (Å²) in [5, 5.41) is 9.67. The molecule has 0 spiro atoms. The fourth-order valence-corrected chi connectivity index (χ4v) is 1.23. The van der Waals surface area contributed by atoms with Crippen molar-refractivity contribution in [2.75, 3.05) is 13.7 Å². The first-order valence-corrected chi connectivity index (χ1v) is 4.27. The van der Waals surface area contributed by atoms with Crippen LogP contribution in [-0.4, -0.2) is 31.0 Å². The Bertz CT molecular complexity index is 165. The zero-order valence-electron chi connectivity index (χ0n) is 7.62. The highest BCUT2D eigenvalue weighted by atomic mass is 16.5. The summed E-state index contributed by atoms with van der Waals surface area (Å²) in [4.78, 5) is 0. The maximum atomic E-state index is 9.67. The Morgan fingerprint density at radius 2 is 2.42 bits per heavy atom. The highest BCUT2D eigenvalue weighted by molar-refractivity contribution is 5.08. The van der Waals surface area contributed by atoms with E-state index in [-0.39, 0.29) is 6.10 Å². The Labute approximate surface area is 73.0 Å². The van der Waals surface area contributed by atoms with E-state index in [9.17, 15) is 5.11 Å². The largest absolute Gasteiger partial charge is 0.501 e. The van der Waals surface area contributed by atoms with Gasteiger partial charge in [0.25, 0.3) is 0 Å². The fourth-order valence-electron chi connectivity index (χ4n) is 1.23. The molecule has 0 aromatic carbocycles. The Morgan fingerprint density at radius 1 is 1.67 bits per heavy atom. The van der Waals surface area contributed by atoms with Crippen molar-refractivity contribution in [1.29, 1.82) is 0 Å². The zero-order valence-corrected chi connectivity index (χ0v) is 7.62. The van der Waals surface area contributed by atoms with E-state index < -0.39 is 6.10 Å². The minimum absolute atomic E-state index is 0.155. The standard InChI is InChI=1S/C9H16O3/c1-7(11-2)9(10)8-4-3-5-12-6-8/h6-7,9-10H,3-5H2,1-2H3. The topological polar surface area (TPSA) is 38.7 Å². The Kier molecular flexibility index (Phi) is 3.56. The lowest BCUT2D eigenvalue weighted by Crippen LogP contribution is -2.28. The van der Waals surface area contributed by atoms with Crippen LogP contribution in [0.3, 0.4) is 0 Å². The molecular weight excluding hydrogens is 156 g/mol. The van der Waals surface area contributed by atoms with E-state index in [2.05, 4.69) is 0 Å². The van der Waals surface area contributed by atoms with Crippen LogP contribution in [0.15, 0.2) is 11.8 Å². The quantitative estimate of drug-likeness (QED) is 0.692. The minimum atomic E-state index is -0.518. The van der Waals surface area contributed by atoms with Gasteiger partial charge in [0.05, 0.1) is 19.0 Å². The van der Waals surface area contributed by atoms with Gasteiger partial charge >= 0.3 is 0 Å². The van der Waals surface area contributed by atoms with Gasteiger partial charge in [-0.05, 0) is 25.3 Å². The molecule has 3 nitrogen and oxygen atoms in total. The number of aliphatic hydroxyl groups is 1. The number of methoxy groups -OCH3 is 1. The van der Waals surface area contributed by atoms with E-state index in [1.165, 1.54) is 0 Å². The van der Waals surface area contributed by atoms with Crippen LogP contribution < -0.4 is 0 Å². The highest BCUT2D eigenvalue weighted by Crippen LogP contribution is 2.18. The second kappa shape index (κ2) is 4.48. The fraction of sp³-hybridized carbons (Fsp3) is 0.778. The van der Waals surface area contributed by atoms with E-state index >= 15 is 0 Å². The first kappa shape index (κ1) is 9.55. The first-order valence-electron chi connectivity index (χ1n) is 4.27. The normalized spacial score (nSPS) is 22.4. The van der Waals surface area contributed by atoms with E-state index in [1.807, 2.05) is 6.92 Å². The summed E-state index contributed by atoms with van der Waals surface area (Å²) in [6.07, 6.45) is 2.88. The van der Waals surface area contributed by atoms with Crippen molar-refractivity contribution in [2.24, 2.45) is 0 Å². The molecular formula is C9H16O3. The molecule has 0 aliphatic carbocycles. The maximum Gasteiger partial charge on any atom is 0.104 e. The van der Waals surface area contributed by atoms with E-state index in [0.29, 0.717) is 0 Å². The maximum absolute atomic E-state index is 9.67. The van der Waals surface area contributed by atoms with Gasteiger partial charge in [0, 0.05) is 7.11 Å². The second-order valence-electron chi connectivity index (χ2n) is 3.05. The number of hydrogen-bond acceptors (Lipinski definition) is 3. The SMILES string of the molecule is COC(C)C(O)C1=COCCC1. The summed E-state index contributed by atoms with van der Waals surface area (Å²) in [7, 11) is 1.60. The van der Waals surface area contributed by atoms with E-state index in [1.54, 1.807) is 13.4 Å². The Morgan fingerprint density at radius 3 is 2.92 bits per heavy atom. The van der Waals surface area contributed by atoms with Gasteiger partial charge in [0.15, 0.2) is 0 Å². The summed E-state index contributed by atoms with van der Waals surface area (Å²) >= 11 is 0. The first-order chi connectivity index (χ1) is 5.75. The Hall–Kier alpha value is -0.540. The number of hydrogen-bond donors (Lipinski definition) is 1. The average Bonchev–Trinajstić information content (AvgIpc) is 2.17. The molecule has 12 heavy (non-hydrogen) atoms. The molecule has 1 aliphatic heterocycles. The van der Waals surface area contributed by atoms with Gasteiger partial charge in [-0.25, -0.2) is 0 Å². The smallest absolute Gasteiger partial charge is 0.104 e. The monoisotopic (exact) mass is 172 g/mol. The van der Waals surface area contributed by atoms with Crippen LogP contribution in [0.5, 0.6) is 0 Å². The molecule has 0 bridgehead atoms. The molecule has 2 atom stereocenters. The molecule has 0 amide bonds. The van der Waals surface area contributed by atoms with Gasteiger partial charge in [-0.3, -0.25) is 0 Å². The van der Waals surface area contributed by atoms with Crippen molar-refractivity contribution in [3.8, 4) is 0 Å². The third-order valence-electron chi connectivity index (χ3n) is 2.16. The van der Waals surface area contributed by atoms with Crippen LogP contribution >= 0.6 is 0 Å². The van der Waals surface area contributed by atoms with E-state index in [4.69, 9.17) is 9.47 Å². The lowest BCUT2D eigenvalue weighted by atomic mass is 10.0. The minimum Gasteiger partial charge on any atom is -0.501 e. The molecule has 0 aromatic rings. The Balaban J connectivity index is 2.49. The van der Waals surface area contributed by atoms with Crippen LogP contribution in [0.1, 0.15) is 19.8 Å². The highest BCUT2D eigenvalue weighted by Gasteiger charge is 2.19. The van der Waals surface area contributed by atoms with Crippen LogP contribution in [0.2, 0.25) is 0 Å². The van der Waals surface area contributed by atoms with Gasteiger partial charge in [0.1, 0.15) is 6.10 Å².